The number of nitrogens with one attached hydrogen (secondary N) is 1. The third-order valence-electron chi connectivity index (χ3n) is 4.91. The summed E-state index contributed by atoms with van der Waals surface area (Å²) in [6, 6.07) is 11.2. The summed E-state index contributed by atoms with van der Waals surface area (Å²) in [5.74, 6) is -4.33. The summed E-state index contributed by atoms with van der Waals surface area (Å²) in [5.41, 5.74) is 6.16. The Balaban J connectivity index is 0.000000757. The van der Waals surface area contributed by atoms with E-state index < -0.39 is 29.6 Å². The number of aliphatic hydroxyl groups is 1. The number of phenolic OH excluding ortho intramolecular Hbond substituents is 2. The van der Waals surface area contributed by atoms with E-state index in [2.05, 4.69) is 15.1 Å². The molecule has 204 valence electrons. The van der Waals surface area contributed by atoms with Crippen LogP contribution < -0.4 is 20.7 Å². The van der Waals surface area contributed by atoms with Gasteiger partial charge in [0.05, 0.1) is 6.10 Å². The van der Waals surface area contributed by atoms with Crippen LogP contribution in [0.3, 0.4) is 0 Å². The van der Waals surface area contributed by atoms with Gasteiger partial charge >= 0.3 is 11.9 Å². The number of aromatic hydroxyl groups is 2. The van der Waals surface area contributed by atoms with Crippen molar-refractivity contribution in [2.45, 2.75) is 32.1 Å². The maximum atomic E-state index is 11.3. The second-order valence-electron chi connectivity index (χ2n) is 7.94. The van der Waals surface area contributed by atoms with Crippen molar-refractivity contribution in [3.63, 3.8) is 0 Å². The third kappa shape index (κ3) is 8.96. The SMILES string of the molecule is C[C@H](Cc1ccc(OCc2no[n+]([O-])c2C(N)=O)cc1)NC[C@H](O)c1cc(O)cc(O)c1.O=C(O)C(=O)O. The highest BCUT2D eigenvalue weighted by Crippen LogP contribution is 2.24. The lowest BCUT2D eigenvalue weighted by Crippen LogP contribution is -2.35. The van der Waals surface area contributed by atoms with Crippen molar-refractivity contribution in [2.75, 3.05) is 6.54 Å². The number of amides is 1. The molecule has 1 amide bonds. The highest BCUT2D eigenvalue weighted by molar-refractivity contribution is 6.27. The van der Waals surface area contributed by atoms with Crippen LogP contribution in [0.2, 0.25) is 0 Å². The summed E-state index contributed by atoms with van der Waals surface area (Å²) < 4.78 is 9.90. The number of nitrogens with two attached hydrogens (primary N) is 1. The van der Waals surface area contributed by atoms with Gasteiger partial charge in [0, 0.05) is 23.8 Å². The van der Waals surface area contributed by atoms with E-state index in [-0.39, 0.29) is 41.3 Å². The van der Waals surface area contributed by atoms with Crippen LogP contribution in [0, 0.1) is 5.21 Å². The summed E-state index contributed by atoms with van der Waals surface area (Å²) in [7, 11) is 0. The van der Waals surface area contributed by atoms with Gasteiger partial charge in [-0.1, -0.05) is 12.1 Å². The Morgan fingerprint density at radius 2 is 1.68 bits per heavy atom. The molecule has 1 heterocycles. The molecule has 0 aliphatic carbocycles. The first kappa shape index (κ1) is 29.3. The molecule has 0 aliphatic heterocycles. The van der Waals surface area contributed by atoms with Gasteiger partial charge in [0.1, 0.15) is 17.2 Å². The van der Waals surface area contributed by atoms with Crippen LogP contribution in [0.4, 0.5) is 0 Å². The van der Waals surface area contributed by atoms with Crippen LogP contribution >= 0.6 is 0 Å². The number of ether oxygens (including phenoxy) is 1. The van der Waals surface area contributed by atoms with E-state index in [1.165, 1.54) is 18.2 Å². The molecule has 3 rings (SSSR count). The molecule has 2 atom stereocenters. The normalized spacial score (nSPS) is 12.1. The zero-order valence-electron chi connectivity index (χ0n) is 20.0. The topological polar surface area (TPSA) is 253 Å². The van der Waals surface area contributed by atoms with Gasteiger partial charge in [0.25, 0.3) is 17.3 Å². The zero-order chi connectivity index (χ0) is 28.4. The van der Waals surface area contributed by atoms with Gasteiger partial charge in [-0.3, -0.25) is 9.42 Å². The van der Waals surface area contributed by atoms with E-state index in [0.29, 0.717) is 17.7 Å². The second kappa shape index (κ2) is 13.4. The average molecular weight is 534 g/mol. The summed E-state index contributed by atoms with van der Waals surface area (Å²) in [5, 5.41) is 62.1. The number of phenols is 2. The number of aromatic nitrogens is 2. The minimum atomic E-state index is -1.82. The van der Waals surface area contributed by atoms with E-state index >= 15 is 0 Å². The second-order valence-corrected chi connectivity index (χ2v) is 7.94. The van der Waals surface area contributed by atoms with Gasteiger partial charge in [0.15, 0.2) is 6.61 Å². The lowest BCUT2D eigenvalue weighted by Gasteiger charge is -2.18. The van der Waals surface area contributed by atoms with E-state index in [1.807, 2.05) is 19.1 Å². The minimum Gasteiger partial charge on any atom is -0.508 e. The average Bonchev–Trinajstić information content (AvgIpc) is 3.22. The monoisotopic (exact) mass is 534 g/mol. The highest BCUT2D eigenvalue weighted by atomic mass is 16.8. The number of rotatable bonds is 10. The first-order valence-corrected chi connectivity index (χ1v) is 10.9. The Morgan fingerprint density at radius 1 is 1.11 bits per heavy atom. The van der Waals surface area contributed by atoms with Crippen molar-refractivity contribution < 1.29 is 54.2 Å². The standard InChI is InChI=1S/C21H24N4O7.C2H2O4/c1-12(23-10-19(28)14-7-15(26)9-16(27)8-14)6-13-2-4-17(5-3-13)31-11-18-20(21(22)29)25(30)32-24-18;3-1(4)2(5)6/h2-5,7-9,12,19,23,26-28H,6,10-11H2,1H3,(H2,22,29);(H,3,4)(H,5,6)/t12-,19+;/m1./s1. The molecule has 15 nitrogen and oxygen atoms in total. The Kier molecular flexibility index (Phi) is 10.4. The van der Waals surface area contributed by atoms with Crippen LogP contribution in [0.15, 0.2) is 47.1 Å². The number of aliphatic carboxylic acids is 2. The molecule has 8 N–H and O–H groups in total. The molecule has 0 saturated heterocycles. The number of carbonyl (C=O) groups is 3. The molecule has 15 heteroatoms. The van der Waals surface area contributed by atoms with Crippen molar-refractivity contribution in [1.82, 2.24) is 10.5 Å². The summed E-state index contributed by atoms with van der Waals surface area (Å²) >= 11 is 0. The lowest BCUT2D eigenvalue weighted by atomic mass is 10.1. The molecule has 3 aromatic rings. The fraction of sp³-hybridized carbons (Fsp3) is 0.261. The summed E-state index contributed by atoms with van der Waals surface area (Å²) in [6.07, 6.45) is -0.218. The molecular weight excluding hydrogens is 508 g/mol. The number of aliphatic hydroxyl groups excluding tert-OH is 1. The molecule has 0 radical (unpaired) electrons. The predicted molar refractivity (Wildman–Crippen MR) is 126 cm³/mol. The van der Waals surface area contributed by atoms with Crippen molar-refractivity contribution in [1.29, 1.82) is 0 Å². The van der Waals surface area contributed by atoms with E-state index in [0.717, 1.165) is 5.56 Å². The molecule has 0 unspecified atom stereocenters. The summed E-state index contributed by atoms with van der Waals surface area (Å²) in [6.45, 7) is 2.05. The lowest BCUT2D eigenvalue weighted by molar-refractivity contribution is -0.803. The molecule has 38 heavy (non-hydrogen) atoms. The molecule has 1 aromatic heterocycles. The van der Waals surface area contributed by atoms with Gasteiger partial charge < -0.3 is 46.5 Å². The number of carbonyl (C=O) groups excluding carboxylic acids is 1. The summed E-state index contributed by atoms with van der Waals surface area (Å²) in [4.78, 5) is 29.4. The number of carboxylic acids is 2. The maximum absolute atomic E-state index is 11.3. The first-order valence-electron chi connectivity index (χ1n) is 10.9. The van der Waals surface area contributed by atoms with Crippen LogP contribution in [0.1, 0.15) is 40.3 Å². The van der Waals surface area contributed by atoms with Crippen molar-refractivity contribution in [3.05, 3.63) is 70.2 Å². The highest BCUT2D eigenvalue weighted by Gasteiger charge is 2.24. The molecule has 0 aliphatic rings. The van der Waals surface area contributed by atoms with Gasteiger partial charge in [-0.2, -0.15) is 0 Å². The minimum absolute atomic E-state index is 0.00742. The molecule has 0 fully saturated rings. The number of nitrogens with zero attached hydrogens (tertiary/aromatic N) is 2. The molecule has 0 saturated carbocycles. The van der Waals surface area contributed by atoms with Gasteiger partial charge in [-0.25, -0.2) is 9.59 Å². The van der Waals surface area contributed by atoms with Crippen molar-refractivity contribution in [2.24, 2.45) is 5.73 Å². The fourth-order valence-electron chi connectivity index (χ4n) is 3.14. The van der Waals surface area contributed by atoms with Gasteiger partial charge in [-0.05, 0) is 53.6 Å². The number of hydrogen-bond donors (Lipinski definition) is 7. The van der Waals surface area contributed by atoms with E-state index in [4.69, 9.17) is 30.3 Å². The quantitative estimate of drug-likeness (QED) is 0.132. The van der Waals surface area contributed by atoms with E-state index in [9.17, 15) is 25.3 Å². The maximum Gasteiger partial charge on any atom is 0.414 e. The molecule has 2 aromatic carbocycles. The number of benzene rings is 2. The van der Waals surface area contributed by atoms with Gasteiger partial charge in [-0.15, -0.1) is 0 Å². The smallest absolute Gasteiger partial charge is 0.414 e. The Labute approximate surface area is 214 Å². The molecular formula is C23H26N4O11. The Bertz CT molecular complexity index is 1230. The number of hydrogen-bond acceptors (Lipinski definition) is 11. The van der Waals surface area contributed by atoms with Crippen LogP contribution in [0.25, 0.3) is 0 Å². The van der Waals surface area contributed by atoms with Crippen molar-refractivity contribution >= 4 is 17.8 Å². The van der Waals surface area contributed by atoms with E-state index in [1.54, 1.807) is 12.1 Å². The fourth-order valence-corrected chi connectivity index (χ4v) is 3.14. The van der Waals surface area contributed by atoms with Crippen LogP contribution in [-0.2, 0) is 22.6 Å². The number of primary amides is 1. The molecule has 0 bridgehead atoms. The Morgan fingerprint density at radius 3 is 2.21 bits per heavy atom. The van der Waals surface area contributed by atoms with Gasteiger partial charge in [0.2, 0.25) is 0 Å². The Hall–Kier alpha value is -4.89. The molecule has 0 spiro atoms. The number of carboxylic acid groups (broad SMARTS) is 2. The van der Waals surface area contributed by atoms with Crippen LogP contribution in [-0.4, -0.2) is 61.1 Å². The zero-order valence-corrected chi connectivity index (χ0v) is 20.0. The third-order valence-corrected chi connectivity index (χ3v) is 4.91. The van der Waals surface area contributed by atoms with Crippen molar-refractivity contribution in [3.8, 4) is 17.2 Å². The predicted octanol–water partition coefficient (Wildman–Crippen LogP) is -0.193. The largest absolute Gasteiger partial charge is 0.508 e. The van der Waals surface area contributed by atoms with Crippen LogP contribution in [0.5, 0.6) is 17.2 Å². The first-order chi connectivity index (χ1) is 17.9.